The first-order valence-corrected chi connectivity index (χ1v) is 10.5. The third-order valence-corrected chi connectivity index (χ3v) is 6.91. The predicted octanol–water partition coefficient (Wildman–Crippen LogP) is 3.14. The van der Waals surface area contributed by atoms with E-state index in [4.69, 9.17) is 5.73 Å². The molecule has 0 atom stereocenters. The van der Waals surface area contributed by atoms with Crippen LogP contribution in [0, 0.1) is 11.7 Å². The van der Waals surface area contributed by atoms with Gasteiger partial charge in [-0.05, 0) is 86.3 Å². The summed E-state index contributed by atoms with van der Waals surface area (Å²) in [6, 6.07) is 10.4. The van der Waals surface area contributed by atoms with Crippen molar-refractivity contribution in [3.05, 3.63) is 60.0 Å². The Morgan fingerprint density at radius 1 is 1.11 bits per heavy atom. The molecule has 0 aliphatic carbocycles. The number of benzene rings is 2. The highest BCUT2D eigenvalue weighted by molar-refractivity contribution is 7.90. The van der Waals surface area contributed by atoms with Crippen LogP contribution in [-0.2, 0) is 16.4 Å². The van der Waals surface area contributed by atoms with E-state index >= 15 is 0 Å². The maximum Gasteiger partial charge on any atom is 0.268 e. The minimum atomic E-state index is -3.79. The van der Waals surface area contributed by atoms with Crippen molar-refractivity contribution in [2.75, 3.05) is 18.8 Å². The standard InChI is InChI=1S/C20H22FN3O2S/c21-16-1-6-20-19(12-16)15(11-14-7-9-23-10-8-14)13-24(20)27(25,26)18-4-2-17(22)3-5-18/h1-6,12-14,23H,7-11,22H2. The number of anilines is 1. The lowest BCUT2D eigenvalue weighted by Crippen LogP contribution is -2.28. The minimum absolute atomic E-state index is 0.159. The van der Waals surface area contributed by atoms with Crippen LogP contribution in [0.25, 0.3) is 10.9 Å². The van der Waals surface area contributed by atoms with Crippen molar-refractivity contribution in [2.45, 2.75) is 24.2 Å². The van der Waals surface area contributed by atoms with E-state index in [1.807, 2.05) is 0 Å². The molecule has 7 heteroatoms. The number of nitrogens with two attached hydrogens (primary N) is 1. The number of piperidine rings is 1. The molecule has 3 aromatic rings. The molecule has 142 valence electrons. The Kier molecular flexibility index (Phi) is 4.65. The summed E-state index contributed by atoms with van der Waals surface area (Å²) < 4.78 is 41.5. The zero-order valence-electron chi connectivity index (χ0n) is 14.9. The largest absolute Gasteiger partial charge is 0.399 e. The summed E-state index contributed by atoms with van der Waals surface area (Å²) in [5.74, 6) is 0.101. The molecule has 0 spiro atoms. The van der Waals surface area contributed by atoms with Crippen LogP contribution in [0.2, 0.25) is 0 Å². The van der Waals surface area contributed by atoms with Gasteiger partial charge in [-0.3, -0.25) is 0 Å². The van der Waals surface area contributed by atoms with E-state index in [2.05, 4.69) is 5.32 Å². The Morgan fingerprint density at radius 3 is 2.52 bits per heavy atom. The van der Waals surface area contributed by atoms with Crippen LogP contribution in [0.3, 0.4) is 0 Å². The predicted molar refractivity (Wildman–Crippen MR) is 105 cm³/mol. The molecule has 3 N–H and O–H groups in total. The van der Waals surface area contributed by atoms with Crippen LogP contribution >= 0.6 is 0 Å². The molecule has 1 fully saturated rings. The number of hydrogen-bond acceptors (Lipinski definition) is 4. The van der Waals surface area contributed by atoms with Gasteiger partial charge in [0.2, 0.25) is 0 Å². The number of nitrogen functional groups attached to an aromatic ring is 1. The number of halogens is 1. The Balaban J connectivity index is 1.82. The molecule has 2 aromatic carbocycles. The number of nitrogens with zero attached hydrogens (tertiary/aromatic N) is 1. The molecule has 5 nitrogen and oxygen atoms in total. The van der Waals surface area contributed by atoms with Crippen molar-refractivity contribution in [1.29, 1.82) is 0 Å². The monoisotopic (exact) mass is 387 g/mol. The van der Waals surface area contributed by atoms with Gasteiger partial charge in [0, 0.05) is 17.3 Å². The molecular weight excluding hydrogens is 365 g/mol. The molecule has 0 bridgehead atoms. The SMILES string of the molecule is Nc1ccc(S(=O)(=O)n2cc(CC3CCNCC3)c3cc(F)ccc32)cc1. The normalized spacial score (nSPS) is 16.0. The second kappa shape index (κ2) is 6.98. The van der Waals surface area contributed by atoms with E-state index in [-0.39, 0.29) is 10.7 Å². The summed E-state index contributed by atoms with van der Waals surface area (Å²) in [5.41, 5.74) is 7.54. The molecule has 1 saturated heterocycles. The van der Waals surface area contributed by atoms with Crippen LogP contribution in [0.15, 0.2) is 53.6 Å². The minimum Gasteiger partial charge on any atom is -0.399 e. The van der Waals surface area contributed by atoms with Crippen molar-refractivity contribution in [2.24, 2.45) is 5.92 Å². The number of fused-ring (bicyclic) bond motifs is 1. The molecule has 27 heavy (non-hydrogen) atoms. The van der Waals surface area contributed by atoms with Gasteiger partial charge in [0.25, 0.3) is 10.0 Å². The highest BCUT2D eigenvalue weighted by Gasteiger charge is 2.23. The van der Waals surface area contributed by atoms with Gasteiger partial charge in [-0.25, -0.2) is 16.8 Å². The fourth-order valence-corrected chi connectivity index (χ4v) is 5.14. The Morgan fingerprint density at radius 2 is 1.81 bits per heavy atom. The molecular formula is C20H22FN3O2S. The summed E-state index contributed by atoms with van der Waals surface area (Å²) in [6.07, 6.45) is 4.46. The third-order valence-electron chi connectivity index (χ3n) is 5.22. The molecule has 2 heterocycles. The highest BCUT2D eigenvalue weighted by atomic mass is 32.2. The molecule has 1 aliphatic heterocycles. The van der Waals surface area contributed by atoms with E-state index in [1.165, 1.54) is 34.3 Å². The van der Waals surface area contributed by atoms with Crippen molar-refractivity contribution in [3.63, 3.8) is 0 Å². The van der Waals surface area contributed by atoms with Crippen LogP contribution in [0.5, 0.6) is 0 Å². The Labute approximate surface area is 158 Å². The zero-order chi connectivity index (χ0) is 19.0. The topological polar surface area (TPSA) is 77.1 Å². The van der Waals surface area contributed by atoms with E-state index < -0.39 is 10.0 Å². The van der Waals surface area contributed by atoms with Gasteiger partial charge >= 0.3 is 0 Å². The molecule has 0 unspecified atom stereocenters. The van der Waals surface area contributed by atoms with E-state index in [0.29, 0.717) is 22.5 Å². The summed E-state index contributed by atoms with van der Waals surface area (Å²) in [4.78, 5) is 0.159. The van der Waals surface area contributed by atoms with Gasteiger partial charge in [0.1, 0.15) is 5.82 Å². The molecule has 1 aromatic heterocycles. The quantitative estimate of drug-likeness (QED) is 0.674. The lowest BCUT2D eigenvalue weighted by Gasteiger charge is -2.22. The summed E-state index contributed by atoms with van der Waals surface area (Å²) in [5, 5.41) is 3.99. The van der Waals surface area contributed by atoms with E-state index in [1.54, 1.807) is 18.3 Å². The van der Waals surface area contributed by atoms with Crippen molar-refractivity contribution >= 4 is 26.6 Å². The van der Waals surface area contributed by atoms with Crippen LogP contribution in [-0.4, -0.2) is 25.5 Å². The number of hydrogen-bond donors (Lipinski definition) is 2. The summed E-state index contributed by atoms with van der Waals surface area (Å²) in [6.45, 7) is 1.92. The van der Waals surface area contributed by atoms with Crippen molar-refractivity contribution < 1.29 is 12.8 Å². The van der Waals surface area contributed by atoms with Gasteiger partial charge in [-0.1, -0.05) is 0 Å². The van der Waals surface area contributed by atoms with Crippen molar-refractivity contribution in [1.82, 2.24) is 9.29 Å². The highest BCUT2D eigenvalue weighted by Crippen LogP contribution is 2.30. The van der Waals surface area contributed by atoms with Gasteiger partial charge in [0.05, 0.1) is 10.4 Å². The fraction of sp³-hybridized carbons (Fsp3) is 0.300. The van der Waals surface area contributed by atoms with Gasteiger partial charge in [0.15, 0.2) is 0 Å². The Hall–Kier alpha value is -2.38. The summed E-state index contributed by atoms with van der Waals surface area (Å²) in [7, 11) is -3.79. The smallest absolute Gasteiger partial charge is 0.268 e. The van der Waals surface area contributed by atoms with E-state index in [9.17, 15) is 12.8 Å². The number of rotatable bonds is 4. The van der Waals surface area contributed by atoms with Crippen LogP contribution in [0.1, 0.15) is 18.4 Å². The maximum atomic E-state index is 13.9. The lowest BCUT2D eigenvalue weighted by molar-refractivity contribution is 0.373. The summed E-state index contributed by atoms with van der Waals surface area (Å²) >= 11 is 0. The average molecular weight is 387 g/mol. The molecule has 0 saturated carbocycles. The first-order valence-electron chi connectivity index (χ1n) is 9.06. The van der Waals surface area contributed by atoms with Crippen LogP contribution in [0.4, 0.5) is 10.1 Å². The van der Waals surface area contributed by atoms with Crippen molar-refractivity contribution in [3.8, 4) is 0 Å². The second-order valence-electron chi connectivity index (χ2n) is 7.08. The second-order valence-corrected chi connectivity index (χ2v) is 8.90. The number of nitrogens with one attached hydrogen (secondary N) is 1. The van der Waals surface area contributed by atoms with Gasteiger partial charge in [-0.15, -0.1) is 0 Å². The third kappa shape index (κ3) is 3.44. The number of aromatic nitrogens is 1. The fourth-order valence-electron chi connectivity index (χ4n) is 3.75. The maximum absolute atomic E-state index is 13.9. The molecule has 0 amide bonds. The first-order chi connectivity index (χ1) is 12.9. The van der Waals surface area contributed by atoms with E-state index in [0.717, 1.165) is 37.9 Å². The molecule has 1 aliphatic rings. The first kappa shape index (κ1) is 18.0. The van der Waals surface area contributed by atoms with Crippen LogP contribution < -0.4 is 11.1 Å². The van der Waals surface area contributed by atoms with Gasteiger partial charge in [-0.2, -0.15) is 0 Å². The van der Waals surface area contributed by atoms with Gasteiger partial charge < -0.3 is 11.1 Å². The zero-order valence-corrected chi connectivity index (χ0v) is 15.7. The Bertz CT molecular complexity index is 1070. The average Bonchev–Trinajstić information content (AvgIpc) is 3.01. The molecule has 0 radical (unpaired) electrons. The molecule has 4 rings (SSSR count). The lowest BCUT2D eigenvalue weighted by atomic mass is 9.91.